The summed E-state index contributed by atoms with van der Waals surface area (Å²) in [4.78, 5) is 22.5. The molecule has 0 unspecified atom stereocenters. The highest BCUT2D eigenvalue weighted by atomic mass is 79.9. The number of nitrogens with zero attached hydrogens (tertiary/aromatic N) is 1. The molecular formula is C23H18BrNO4. The largest absolute Gasteiger partial charge is 0.488 e. The quantitative estimate of drug-likeness (QED) is 0.187. The number of nitro benzene ring substituents is 1. The van der Waals surface area contributed by atoms with Crippen molar-refractivity contribution in [1.29, 1.82) is 0 Å². The number of hydrogen-bond acceptors (Lipinski definition) is 4. The first kappa shape index (κ1) is 20.5. The van der Waals surface area contributed by atoms with Crippen LogP contribution in [-0.2, 0) is 6.61 Å². The van der Waals surface area contributed by atoms with Gasteiger partial charge in [-0.2, -0.15) is 0 Å². The Balaban J connectivity index is 1.62. The fourth-order valence-corrected chi connectivity index (χ4v) is 3.11. The van der Waals surface area contributed by atoms with Crippen molar-refractivity contribution in [3.63, 3.8) is 0 Å². The lowest BCUT2D eigenvalue weighted by atomic mass is 10.1. The first-order valence-corrected chi connectivity index (χ1v) is 9.66. The zero-order valence-electron chi connectivity index (χ0n) is 15.7. The Morgan fingerprint density at radius 2 is 1.76 bits per heavy atom. The van der Waals surface area contributed by atoms with Gasteiger partial charge < -0.3 is 4.74 Å². The van der Waals surface area contributed by atoms with Crippen molar-refractivity contribution < 1.29 is 14.5 Å². The van der Waals surface area contributed by atoms with Crippen molar-refractivity contribution in [1.82, 2.24) is 0 Å². The summed E-state index contributed by atoms with van der Waals surface area (Å²) in [7, 11) is 0. The minimum atomic E-state index is -0.433. The summed E-state index contributed by atoms with van der Waals surface area (Å²) in [5, 5.41) is 10.7. The van der Waals surface area contributed by atoms with E-state index < -0.39 is 4.92 Å². The third kappa shape index (κ3) is 5.62. The maximum absolute atomic E-state index is 12.2. The van der Waals surface area contributed by atoms with Crippen molar-refractivity contribution in [3.8, 4) is 5.75 Å². The number of non-ortho nitro benzene ring substituents is 1. The van der Waals surface area contributed by atoms with Gasteiger partial charge in [0.05, 0.1) is 9.40 Å². The minimum absolute atomic E-state index is 0.0475. The Bertz CT molecular complexity index is 1060. The van der Waals surface area contributed by atoms with Crippen LogP contribution in [0.3, 0.4) is 0 Å². The molecule has 6 heteroatoms. The molecule has 0 radical (unpaired) electrons. The minimum Gasteiger partial charge on any atom is -0.488 e. The second-order valence-electron chi connectivity index (χ2n) is 6.47. The number of aryl methyl sites for hydroxylation is 1. The summed E-state index contributed by atoms with van der Waals surface area (Å²) in [6.45, 7) is 2.27. The monoisotopic (exact) mass is 451 g/mol. The molecule has 0 saturated carbocycles. The second kappa shape index (κ2) is 9.30. The number of halogens is 1. The van der Waals surface area contributed by atoms with Crippen LogP contribution >= 0.6 is 15.9 Å². The van der Waals surface area contributed by atoms with Crippen molar-refractivity contribution in [3.05, 3.63) is 110 Å². The summed E-state index contributed by atoms with van der Waals surface area (Å²) in [5.41, 5.74) is 3.49. The van der Waals surface area contributed by atoms with Crippen LogP contribution in [0.25, 0.3) is 6.08 Å². The summed E-state index contributed by atoms with van der Waals surface area (Å²) in [6.07, 6.45) is 3.30. The van der Waals surface area contributed by atoms with Gasteiger partial charge in [0.25, 0.3) is 5.69 Å². The molecule has 146 valence electrons. The number of nitro groups is 1. The van der Waals surface area contributed by atoms with Gasteiger partial charge in [-0.25, -0.2) is 0 Å². The molecule has 3 aromatic carbocycles. The normalized spacial score (nSPS) is 10.8. The van der Waals surface area contributed by atoms with Crippen molar-refractivity contribution in [2.75, 3.05) is 0 Å². The fourth-order valence-electron chi connectivity index (χ4n) is 2.60. The molecule has 3 rings (SSSR count). The van der Waals surface area contributed by atoms with E-state index in [4.69, 9.17) is 4.74 Å². The van der Waals surface area contributed by atoms with Gasteiger partial charge in [0, 0.05) is 17.7 Å². The standard InChI is InChI=1S/C23H18BrNO4/c1-16-2-8-19(9-3-16)22(26)12-6-17-7-13-23(21(24)14-17)29-15-18-4-10-20(11-5-18)25(27)28/h2-14H,15H2,1H3/b12-6+. The first-order chi connectivity index (χ1) is 13.9. The Morgan fingerprint density at radius 1 is 1.07 bits per heavy atom. The van der Waals surface area contributed by atoms with Gasteiger partial charge in [0.1, 0.15) is 12.4 Å². The zero-order valence-corrected chi connectivity index (χ0v) is 17.3. The number of carbonyl (C=O) groups excluding carboxylic acids is 1. The van der Waals surface area contributed by atoms with Crippen LogP contribution in [0, 0.1) is 17.0 Å². The predicted octanol–water partition coefficient (Wildman–Crippen LogP) is 6.14. The Hall–Kier alpha value is -3.25. The Morgan fingerprint density at radius 3 is 2.38 bits per heavy atom. The molecule has 0 amide bonds. The first-order valence-electron chi connectivity index (χ1n) is 8.87. The third-order valence-electron chi connectivity index (χ3n) is 4.26. The van der Waals surface area contributed by atoms with Crippen LogP contribution in [-0.4, -0.2) is 10.7 Å². The van der Waals surface area contributed by atoms with Crippen molar-refractivity contribution >= 4 is 33.5 Å². The number of allylic oxidation sites excluding steroid dienone is 1. The van der Waals surface area contributed by atoms with Crippen LogP contribution in [0.5, 0.6) is 5.75 Å². The molecule has 0 heterocycles. The fraction of sp³-hybridized carbons (Fsp3) is 0.0870. The van der Waals surface area contributed by atoms with Crippen LogP contribution in [0.1, 0.15) is 27.0 Å². The molecule has 0 aromatic heterocycles. The maximum atomic E-state index is 12.2. The second-order valence-corrected chi connectivity index (χ2v) is 7.32. The Labute approximate surface area is 176 Å². The van der Waals surface area contributed by atoms with Gasteiger partial charge in [-0.1, -0.05) is 42.0 Å². The molecule has 0 atom stereocenters. The molecule has 0 aliphatic carbocycles. The lowest BCUT2D eigenvalue weighted by molar-refractivity contribution is -0.384. The van der Waals surface area contributed by atoms with Crippen LogP contribution in [0.4, 0.5) is 5.69 Å². The van der Waals surface area contributed by atoms with Crippen molar-refractivity contribution in [2.24, 2.45) is 0 Å². The lowest BCUT2D eigenvalue weighted by Crippen LogP contribution is -1.97. The molecule has 3 aromatic rings. The molecule has 0 bridgehead atoms. The summed E-state index contributed by atoms with van der Waals surface area (Å²) in [5.74, 6) is 0.588. The number of benzene rings is 3. The predicted molar refractivity (Wildman–Crippen MR) is 116 cm³/mol. The van der Waals surface area contributed by atoms with Gasteiger partial charge in [-0.15, -0.1) is 0 Å². The molecular weight excluding hydrogens is 434 g/mol. The number of rotatable bonds is 7. The Kier molecular flexibility index (Phi) is 6.57. The molecule has 5 nitrogen and oxygen atoms in total. The lowest BCUT2D eigenvalue weighted by Gasteiger charge is -2.09. The van der Waals surface area contributed by atoms with Crippen LogP contribution < -0.4 is 4.74 Å². The smallest absolute Gasteiger partial charge is 0.269 e. The van der Waals surface area contributed by atoms with E-state index in [2.05, 4.69) is 15.9 Å². The van der Waals surface area contributed by atoms with Crippen LogP contribution in [0.15, 0.2) is 77.3 Å². The summed E-state index contributed by atoms with van der Waals surface area (Å²) in [6, 6.07) is 19.2. The van der Waals surface area contributed by atoms with Crippen LogP contribution in [0.2, 0.25) is 0 Å². The highest BCUT2D eigenvalue weighted by molar-refractivity contribution is 9.10. The molecule has 29 heavy (non-hydrogen) atoms. The molecule has 0 aliphatic rings. The van der Waals surface area contributed by atoms with Gasteiger partial charge >= 0.3 is 0 Å². The molecule has 0 saturated heterocycles. The number of hydrogen-bond donors (Lipinski definition) is 0. The average molecular weight is 452 g/mol. The SMILES string of the molecule is Cc1ccc(C(=O)/C=C/c2ccc(OCc3ccc([N+](=O)[O-])cc3)c(Br)c2)cc1. The van der Waals surface area contributed by atoms with E-state index in [1.807, 2.05) is 49.4 Å². The van der Waals surface area contributed by atoms with Crippen molar-refractivity contribution in [2.45, 2.75) is 13.5 Å². The summed E-state index contributed by atoms with van der Waals surface area (Å²) >= 11 is 3.48. The van der Waals surface area contributed by atoms with Gasteiger partial charge in [0.2, 0.25) is 0 Å². The van der Waals surface area contributed by atoms with E-state index >= 15 is 0 Å². The van der Waals surface area contributed by atoms with E-state index in [0.717, 1.165) is 21.2 Å². The highest BCUT2D eigenvalue weighted by Crippen LogP contribution is 2.27. The number of ketones is 1. The van der Waals surface area contributed by atoms with E-state index in [9.17, 15) is 14.9 Å². The number of ether oxygens (including phenoxy) is 1. The van der Waals surface area contributed by atoms with Gasteiger partial charge in [-0.3, -0.25) is 14.9 Å². The average Bonchev–Trinajstić information content (AvgIpc) is 2.72. The topological polar surface area (TPSA) is 69.4 Å². The van der Waals surface area contributed by atoms with Gasteiger partial charge in [0.15, 0.2) is 5.78 Å². The van der Waals surface area contributed by atoms with E-state index in [1.165, 1.54) is 12.1 Å². The van der Waals surface area contributed by atoms with E-state index in [0.29, 0.717) is 11.3 Å². The third-order valence-corrected chi connectivity index (χ3v) is 4.88. The van der Waals surface area contributed by atoms with E-state index in [1.54, 1.807) is 24.3 Å². The highest BCUT2D eigenvalue weighted by Gasteiger charge is 2.06. The molecule has 0 spiro atoms. The zero-order chi connectivity index (χ0) is 20.8. The number of carbonyl (C=O) groups is 1. The van der Waals surface area contributed by atoms with Gasteiger partial charge in [-0.05, 0) is 64.3 Å². The summed E-state index contributed by atoms with van der Waals surface area (Å²) < 4.78 is 6.53. The molecule has 0 N–H and O–H groups in total. The molecule has 0 aliphatic heterocycles. The van der Waals surface area contributed by atoms with E-state index in [-0.39, 0.29) is 18.1 Å². The maximum Gasteiger partial charge on any atom is 0.269 e. The molecule has 0 fully saturated rings.